The summed E-state index contributed by atoms with van der Waals surface area (Å²) in [5.74, 6) is -1.01. The number of para-hydroxylation sites is 2. The third kappa shape index (κ3) is 3.44. The van der Waals surface area contributed by atoms with Crippen LogP contribution in [0.3, 0.4) is 0 Å². The molecule has 0 aliphatic carbocycles. The number of benzene rings is 3. The van der Waals surface area contributed by atoms with Gasteiger partial charge < -0.3 is 9.67 Å². The molecule has 5 nitrogen and oxygen atoms in total. The van der Waals surface area contributed by atoms with E-state index in [-0.39, 0.29) is 11.5 Å². The van der Waals surface area contributed by atoms with Crippen molar-refractivity contribution in [2.24, 2.45) is 0 Å². The van der Waals surface area contributed by atoms with Crippen LogP contribution < -0.4 is 4.90 Å². The number of aromatic carboxylic acids is 1. The molecule has 3 aromatic carbocycles. The van der Waals surface area contributed by atoms with Gasteiger partial charge >= 0.3 is 5.97 Å². The number of fused-ring (bicyclic) bond motifs is 1. The van der Waals surface area contributed by atoms with Gasteiger partial charge in [0.15, 0.2) is 0 Å². The third-order valence-electron chi connectivity index (χ3n) is 6.03. The fourth-order valence-corrected chi connectivity index (χ4v) is 4.45. The highest BCUT2D eigenvalue weighted by molar-refractivity contribution is 6.38. The summed E-state index contributed by atoms with van der Waals surface area (Å²) in [4.78, 5) is 26.5. The van der Waals surface area contributed by atoms with Crippen molar-refractivity contribution < 1.29 is 14.7 Å². The van der Waals surface area contributed by atoms with Crippen LogP contribution >= 0.6 is 0 Å². The van der Waals surface area contributed by atoms with E-state index in [1.54, 1.807) is 29.2 Å². The molecule has 0 saturated carbocycles. The van der Waals surface area contributed by atoms with E-state index in [9.17, 15) is 14.7 Å². The molecule has 0 atom stereocenters. The van der Waals surface area contributed by atoms with Crippen LogP contribution in [0, 0.1) is 13.8 Å². The minimum absolute atomic E-state index is 0.0574. The van der Waals surface area contributed by atoms with Gasteiger partial charge in [-0.05, 0) is 74.0 Å². The van der Waals surface area contributed by atoms with Gasteiger partial charge in [0.1, 0.15) is 0 Å². The summed E-state index contributed by atoms with van der Waals surface area (Å²) in [6, 6.07) is 26.3. The highest BCUT2D eigenvalue weighted by Gasteiger charge is 2.33. The number of anilines is 2. The standard InChI is InChI=1S/C28H22N2O3/c1-18-16-21(19(2)29(18)23-14-12-20(13-15-23)28(32)33)17-25-24-10-6-7-11-26(24)30(27(25)31)22-8-4-3-5-9-22/h3-17H,1-2H3,(H,32,33)/b25-17-. The number of carboxylic acid groups (broad SMARTS) is 1. The van der Waals surface area contributed by atoms with E-state index in [0.29, 0.717) is 5.57 Å². The predicted octanol–water partition coefficient (Wildman–Crippen LogP) is 6.01. The van der Waals surface area contributed by atoms with Gasteiger partial charge in [-0.3, -0.25) is 9.69 Å². The molecule has 1 aliphatic heterocycles. The summed E-state index contributed by atoms with van der Waals surface area (Å²) in [7, 11) is 0. The molecule has 2 heterocycles. The molecular weight excluding hydrogens is 412 g/mol. The van der Waals surface area contributed by atoms with Gasteiger partial charge in [0, 0.05) is 28.3 Å². The molecule has 1 N–H and O–H groups in total. The van der Waals surface area contributed by atoms with Crippen LogP contribution in [0.4, 0.5) is 11.4 Å². The number of amides is 1. The van der Waals surface area contributed by atoms with Crippen LogP contribution in [-0.2, 0) is 4.79 Å². The maximum Gasteiger partial charge on any atom is 0.335 e. The van der Waals surface area contributed by atoms with Crippen molar-refractivity contribution in [3.05, 3.63) is 113 Å². The zero-order valence-electron chi connectivity index (χ0n) is 18.3. The summed E-state index contributed by atoms with van der Waals surface area (Å²) in [6.07, 6.45) is 1.95. The van der Waals surface area contributed by atoms with Crippen LogP contribution in [0.1, 0.15) is 32.9 Å². The van der Waals surface area contributed by atoms with Gasteiger partial charge in [0.25, 0.3) is 5.91 Å². The average molecular weight is 434 g/mol. The molecule has 5 rings (SSSR count). The molecule has 0 saturated heterocycles. The highest BCUT2D eigenvalue weighted by atomic mass is 16.4. The van der Waals surface area contributed by atoms with Crippen molar-refractivity contribution in [3.8, 4) is 5.69 Å². The van der Waals surface area contributed by atoms with E-state index in [4.69, 9.17) is 0 Å². The minimum atomic E-state index is -0.950. The fraction of sp³-hybridized carbons (Fsp3) is 0.0714. The number of nitrogens with zero attached hydrogens (tertiary/aromatic N) is 2. The molecule has 0 bridgehead atoms. The molecule has 0 spiro atoms. The Balaban J connectivity index is 1.59. The van der Waals surface area contributed by atoms with Crippen LogP contribution in [0.15, 0.2) is 84.9 Å². The van der Waals surface area contributed by atoms with Crippen LogP contribution in [-0.4, -0.2) is 21.6 Å². The largest absolute Gasteiger partial charge is 0.478 e. The summed E-state index contributed by atoms with van der Waals surface area (Å²) in [5, 5.41) is 9.18. The van der Waals surface area contributed by atoms with Gasteiger partial charge in [0.2, 0.25) is 0 Å². The number of aryl methyl sites for hydroxylation is 1. The van der Waals surface area contributed by atoms with Crippen molar-refractivity contribution >= 4 is 34.9 Å². The Bertz CT molecular complexity index is 1410. The van der Waals surface area contributed by atoms with Crippen molar-refractivity contribution in [3.63, 3.8) is 0 Å². The maximum absolute atomic E-state index is 13.5. The molecule has 162 valence electrons. The Kier molecular flexibility index (Phi) is 4.94. The number of carbonyl (C=O) groups excluding carboxylic acids is 1. The van der Waals surface area contributed by atoms with Crippen molar-refractivity contribution in [1.29, 1.82) is 0 Å². The molecule has 0 radical (unpaired) electrons. The number of hydrogen-bond donors (Lipinski definition) is 1. The van der Waals surface area contributed by atoms with Crippen molar-refractivity contribution in [2.75, 3.05) is 4.90 Å². The van der Waals surface area contributed by atoms with Crippen molar-refractivity contribution in [1.82, 2.24) is 4.57 Å². The van der Waals surface area contributed by atoms with Gasteiger partial charge in [0.05, 0.1) is 16.8 Å². The lowest BCUT2D eigenvalue weighted by Crippen LogP contribution is -2.20. The summed E-state index contributed by atoms with van der Waals surface area (Å²) < 4.78 is 2.07. The SMILES string of the molecule is Cc1cc(/C=C2\C(=O)N(c3ccccc3)c3ccccc32)c(C)n1-c1ccc(C(=O)O)cc1. The van der Waals surface area contributed by atoms with Gasteiger partial charge in [-0.1, -0.05) is 36.4 Å². The minimum Gasteiger partial charge on any atom is -0.478 e. The van der Waals surface area contributed by atoms with Gasteiger partial charge in [-0.15, -0.1) is 0 Å². The van der Waals surface area contributed by atoms with E-state index in [2.05, 4.69) is 10.6 Å². The van der Waals surface area contributed by atoms with E-state index >= 15 is 0 Å². The van der Waals surface area contributed by atoms with Gasteiger partial charge in [-0.25, -0.2) is 4.79 Å². The number of carbonyl (C=O) groups is 2. The summed E-state index contributed by atoms with van der Waals surface area (Å²) in [6.45, 7) is 4.01. The number of aromatic nitrogens is 1. The zero-order chi connectivity index (χ0) is 23.1. The quantitative estimate of drug-likeness (QED) is 0.400. The monoisotopic (exact) mass is 434 g/mol. The average Bonchev–Trinajstić information content (AvgIpc) is 3.27. The smallest absolute Gasteiger partial charge is 0.335 e. The molecule has 0 unspecified atom stereocenters. The third-order valence-corrected chi connectivity index (χ3v) is 6.03. The Morgan fingerprint density at radius 1 is 0.848 bits per heavy atom. The lowest BCUT2D eigenvalue weighted by Gasteiger charge is -2.16. The molecule has 1 amide bonds. The van der Waals surface area contributed by atoms with E-state index in [0.717, 1.165) is 39.6 Å². The second-order valence-electron chi connectivity index (χ2n) is 8.07. The second-order valence-corrected chi connectivity index (χ2v) is 8.07. The van der Waals surface area contributed by atoms with Crippen LogP contribution in [0.2, 0.25) is 0 Å². The maximum atomic E-state index is 13.5. The second kappa shape index (κ2) is 7.95. The fourth-order valence-electron chi connectivity index (χ4n) is 4.45. The van der Waals surface area contributed by atoms with Gasteiger partial charge in [-0.2, -0.15) is 0 Å². The number of hydrogen-bond acceptors (Lipinski definition) is 2. The first-order valence-corrected chi connectivity index (χ1v) is 10.7. The highest BCUT2D eigenvalue weighted by Crippen LogP contribution is 2.42. The molecule has 1 aliphatic rings. The normalized spacial score (nSPS) is 14.1. The Labute approximate surface area is 191 Å². The van der Waals surface area contributed by atoms with Crippen LogP contribution in [0.5, 0.6) is 0 Å². The summed E-state index contributed by atoms with van der Waals surface area (Å²) in [5.41, 5.74) is 7.31. The van der Waals surface area contributed by atoms with E-state index in [1.165, 1.54) is 0 Å². The predicted molar refractivity (Wildman–Crippen MR) is 130 cm³/mol. The zero-order valence-corrected chi connectivity index (χ0v) is 18.3. The molecule has 1 aromatic heterocycles. The topological polar surface area (TPSA) is 62.5 Å². The first kappa shape index (κ1) is 20.5. The number of rotatable bonds is 4. The lowest BCUT2D eigenvalue weighted by molar-refractivity contribution is -0.112. The first-order valence-electron chi connectivity index (χ1n) is 10.7. The van der Waals surface area contributed by atoms with E-state index in [1.807, 2.05) is 74.5 Å². The first-order chi connectivity index (χ1) is 16.0. The van der Waals surface area contributed by atoms with E-state index < -0.39 is 5.97 Å². The molecule has 4 aromatic rings. The molecule has 5 heteroatoms. The summed E-state index contributed by atoms with van der Waals surface area (Å²) >= 11 is 0. The Morgan fingerprint density at radius 3 is 2.21 bits per heavy atom. The Hall–Kier alpha value is -4.38. The molecular formula is C28H22N2O3. The lowest BCUT2D eigenvalue weighted by atomic mass is 10.0. The number of carboxylic acids is 1. The Morgan fingerprint density at radius 2 is 1.52 bits per heavy atom. The van der Waals surface area contributed by atoms with Crippen LogP contribution in [0.25, 0.3) is 17.3 Å². The van der Waals surface area contributed by atoms with Crippen molar-refractivity contribution in [2.45, 2.75) is 13.8 Å². The molecule has 33 heavy (non-hydrogen) atoms. The molecule has 0 fully saturated rings.